The number of Topliss-reactive ketones (excluding diaryl/α,β-unsaturated/α-hetero) is 3. The molecule has 0 radical (unpaired) electrons. The first-order valence-electron chi connectivity index (χ1n) is 5.76. The number of carbonyl (C=O) groups is 3. The molecule has 0 atom stereocenters. The molecular weight excluding hydrogens is 220 g/mol. The van der Waals surface area contributed by atoms with Gasteiger partial charge in [-0.3, -0.25) is 14.4 Å². The molecule has 0 amide bonds. The Hall–Kier alpha value is -1.71. The predicted molar refractivity (Wildman–Crippen MR) is 62.2 cm³/mol. The van der Waals surface area contributed by atoms with E-state index in [0.717, 1.165) is 0 Å². The number of hydrogen-bond donors (Lipinski definition) is 0. The maximum absolute atomic E-state index is 11.6. The molecule has 17 heavy (non-hydrogen) atoms. The predicted octanol–water partition coefficient (Wildman–Crippen LogP) is 2.81. The summed E-state index contributed by atoms with van der Waals surface area (Å²) >= 11 is 0. The van der Waals surface area contributed by atoms with Crippen LogP contribution in [0.2, 0.25) is 0 Å². The third-order valence-corrected chi connectivity index (χ3v) is 2.50. The monoisotopic (exact) mass is 236 g/mol. The van der Waals surface area contributed by atoms with Crippen molar-refractivity contribution in [3.05, 3.63) is 23.7 Å². The zero-order valence-corrected chi connectivity index (χ0v) is 10.1. The molecular formula is C13H16O4. The Morgan fingerprint density at radius 2 is 1.53 bits per heavy atom. The lowest BCUT2D eigenvalue weighted by Gasteiger charge is -1.96. The Labute approximate surface area is 100.0 Å². The first-order chi connectivity index (χ1) is 8.08. The van der Waals surface area contributed by atoms with Gasteiger partial charge in [-0.2, -0.15) is 0 Å². The molecule has 0 saturated carbocycles. The van der Waals surface area contributed by atoms with Gasteiger partial charge in [-0.25, -0.2) is 0 Å². The van der Waals surface area contributed by atoms with E-state index in [1.165, 1.54) is 12.1 Å². The molecule has 0 aromatic carbocycles. The van der Waals surface area contributed by atoms with Crippen molar-refractivity contribution >= 4 is 17.3 Å². The van der Waals surface area contributed by atoms with Gasteiger partial charge < -0.3 is 4.42 Å². The van der Waals surface area contributed by atoms with Gasteiger partial charge in [0.2, 0.25) is 0 Å². The summed E-state index contributed by atoms with van der Waals surface area (Å²) in [5, 5.41) is 0. The van der Waals surface area contributed by atoms with Crippen LogP contribution in [0.5, 0.6) is 0 Å². The van der Waals surface area contributed by atoms with Crippen molar-refractivity contribution in [3.8, 4) is 0 Å². The number of furan rings is 1. The van der Waals surface area contributed by atoms with Gasteiger partial charge in [-0.15, -0.1) is 0 Å². The Bertz CT molecular complexity index is 428. The second kappa shape index (κ2) is 6.13. The molecule has 0 aliphatic rings. The van der Waals surface area contributed by atoms with Crippen LogP contribution in [0.3, 0.4) is 0 Å². The Morgan fingerprint density at radius 3 is 2.06 bits per heavy atom. The summed E-state index contributed by atoms with van der Waals surface area (Å²) < 4.78 is 5.15. The average molecular weight is 236 g/mol. The van der Waals surface area contributed by atoms with Crippen LogP contribution < -0.4 is 0 Å². The molecule has 0 fully saturated rings. The summed E-state index contributed by atoms with van der Waals surface area (Å²) in [5.74, 6) is 0.0498. The third kappa shape index (κ3) is 3.66. The average Bonchev–Trinajstić information content (AvgIpc) is 2.83. The van der Waals surface area contributed by atoms with Crippen LogP contribution in [0.1, 0.15) is 60.6 Å². The van der Waals surface area contributed by atoms with E-state index in [9.17, 15) is 14.4 Å². The van der Waals surface area contributed by atoms with Crippen LogP contribution in [0.25, 0.3) is 0 Å². The Morgan fingerprint density at radius 1 is 0.941 bits per heavy atom. The second-order valence-electron chi connectivity index (χ2n) is 3.76. The van der Waals surface area contributed by atoms with Crippen molar-refractivity contribution < 1.29 is 18.8 Å². The number of ketones is 3. The molecule has 0 N–H and O–H groups in total. The van der Waals surface area contributed by atoms with Crippen LogP contribution in [-0.4, -0.2) is 17.3 Å². The zero-order chi connectivity index (χ0) is 12.8. The van der Waals surface area contributed by atoms with Crippen molar-refractivity contribution in [3.63, 3.8) is 0 Å². The third-order valence-electron chi connectivity index (χ3n) is 2.50. The molecule has 1 aromatic heterocycles. The molecule has 1 rings (SSSR count). The van der Waals surface area contributed by atoms with E-state index in [0.29, 0.717) is 12.8 Å². The Balaban J connectivity index is 2.61. The largest absolute Gasteiger partial charge is 0.450 e. The SMILES string of the molecule is CCC(=O)CCC(=O)c1ccc(C(=O)CC)o1. The number of carbonyl (C=O) groups excluding carboxylic acids is 3. The highest BCUT2D eigenvalue weighted by Crippen LogP contribution is 2.13. The van der Waals surface area contributed by atoms with Gasteiger partial charge >= 0.3 is 0 Å². The molecule has 1 heterocycles. The topological polar surface area (TPSA) is 64.3 Å². The fraction of sp³-hybridized carbons (Fsp3) is 0.462. The highest BCUT2D eigenvalue weighted by atomic mass is 16.4. The minimum absolute atomic E-state index is 0.0507. The highest BCUT2D eigenvalue weighted by molar-refractivity contribution is 5.98. The molecule has 0 spiro atoms. The second-order valence-corrected chi connectivity index (χ2v) is 3.76. The molecule has 0 aliphatic heterocycles. The van der Waals surface area contributed by atoms with E-state index in [1.54, 1.807) is 13.8 Å². The van der Waals surface area contributed by atoms with Crippen molar-refractivity contribution in [2.75, 3.05) is 0 Å². The van der Waals surface area contributed by atoms with E-state index < -0.39 is 0 Å². The van der Waals surface area contributed by atoms with Crippen LogP contribution in [0.15, 0.2) is 16.5 Å². The minimum atomic E-state index is -0.234. The lowest BCUT2D eigenvalue weighted by atomic mass is 10.1. The van der Waals surface area contributed by atoms with Gasteiger partial charge in [0.25, 0.3) is 0 Å². The van der Waals surface area contributed by atoms with E-state index >= 15 is 0 Å². The summed E-state index contributed by atoms with van der Waals surface area (Å²) in [6, 6.07) is 2.99. The summed E-state index contributed by atoms with van der Waals surface area (Å²) in [6.45, 7) is 3.49. The molecule has 0 bridgehead atoms. The fourth-order valence-corrected chi connectivity index (χ4v) is 1.36. The number of rotatable bonds is 7. The zero-order valence-electron chi connectivity index (χ0n) is 10.1. The van der Waals surface area contributed by atoms with Crippen molar-refractivity contribution in [1.29, 1.82) is 0 Å². The fourth-order valence-electron chi connectivity index (χ4n) is 1.36. The van der Waals surface area contributed by atoms with Gasteiger partial charge in [0, 0.05) is 25.7 Å². The molecule has 0 saturated heterocycles. The standard InChI is InChI=1S/C13H16O4/c1-3-9(14)5-6-11(16)13-8-7-12(17-13)10(15)4-2/h7-8H,3-6H2,1-2H3. The first-order valence-corrected chi connectivity index (χ1v) is 5.76. The quantitative estimate of drug-likeness (QED) is 0.683. The smallest absolute Gasteiger partial charge is 0.198 e. The molecule has 92 valence electrons. The summed E-state index contributed by atoms with van der Waals surface area (Å²) in [5.41, 5.74) is 0. The maximum atomic E-state index is 11.6. The lowest BCUT2D eigenvalue weighted by Crippen LogP contribution is -2.03. The van der Waals surface area contributed by atoms with Crippen molar-refractivity contribution in [2.45, 2.75) is 39.5 Å². The van der Waals surface area contributed by atoms with Crippen molar-refractivity contribution in [2.24, 2.45) is 0 Å². The van der Waals surface area contributed by atoms with Gasteiger partial charge in [0.1, 0.15) is 5.78 Å². The minimum Gasteiger partial charge on any atom is -0.450 e. The van der Waals surface area contributed by atoms with Crippen LogP contribution in [0.4, 0.5) is 0 Å². The van der Waals surface area contributed by atoms with Gasteiger partial charge in [-0.05, 0) is 12.1 Å². The number of hydrogen-bond acceptors (Lipinski definition) is 4. The van der Waals surface area contributed by atoms with Crippen LogP contribution in [0, 0.1) is 0 Å². The summed E-state index contributed by atoms with van der Waals surface area (Å²) in [4.78, 5) is 34.0. The van der Waals surface area contributed by atoms with Crippen LogP contribution in [-0.2, 0) is 4.79 Å². The Kier molecular flexibility index (Phi) is 4.82. The van der Waals surface area contributed by atoms with Gasteiger partial charge in [0.05, 0.1) is 0 Å². The van der Waals surface area contributed by atoms with E-state index in [2.05, 4.69) is 0 Å². The van der Waals surface area contributed by atoms with Gasteiger partial charge in [-0.1, -0.05) is 13.8 Å². The molecule has 0 unspecified atom stereocenters. The summed E-state index contributed by atoms with van der Waals surface area (Å²) in [7, 11) is 0. The normalized spacial score (nSPS) is 10.2. The van der Waals surface area contributed by atoms with E-state index in [4.69, 9.17) is 4.42 Å². The first kappa shape index (κ1) is 13.4. The molecule has 0 aliphatic carbocycles. The lowest BCUT2D eigenvalue weighted by molar-refractivity contribution is -0.118. The van der Waals surface area contributed by atoms with Crippen LogP contribution >= 0.6 is 0 Å². The molecule has 4 nitrogen and oxygen atoms in total. The van der Waals surface area contributed by atoms with Gasteiger partial charge in [0.15, 0.2) is 23.1 Å². The highest BCUT2D eigenvalue weighted by Gasteiger charge is 2.15. The molecule has 1 aromatic rings. The van der Waals surface area contributed by atoms with E-state index in [-0.39, 0.29) is 41.7 Å². The molecule has 4 heteroatoms. The maximum Gasteiger partial charge on any atom is 0.198 e. The van der Waals surface area contributed by atoms with Crippen molar-refractivity contribution in [1.82, 2.24) is 0 Å². The van der Waals surface area contributed by atoms with E-state index in [1.807, 2.05) is 0 Å². The summed E-state index contributed by atoms with van der Waals surface area (Å²) in [6.07, 6.45) is 1.15.